The molecule has 0 amide bonds. The predicted molar refractivity (Wildman–Crippen MR) is 54.1 cm³/mol. The van der Waals surface area contributed by atoms with Crippen molar-refractivity contribution in [3.63, 3.8) is 0 Å². The maximum atomic E-state index is 13.0. The van der Waals surface area contributed by atoms with Crippen LogP contribution >= 0.6 is 0 Å². The molecule has 2 unspecified atom stereocenters. The molecule has 15 heavy (non-hydrogen) atoms. The highest BCUT2D eigenvalue weighted by Gasteiger charge is 2.26. The number of hydrogen-bond acceptors (Lipinski definition) is 2. The van der Waals surface area contributed by atoms with Gasteiger partial charge >= 0.3 is 0 Å². The Bertz CT molecular complexity index is 345. The molecule has 1 saturated heterocycles. The van der Waals surface area contributed by atoms with Crippen molar-refractivity contribution in [2.75, 3.05) is 13.2 Å². The largest absolute Gasteiger partial charge is 0.381 e. The Morgan fingerprint density at radius 1 is 1.53 bits per heavy atom. The third kappa shape index (κ3) is 2.23. The van der Waals surface area contributed by atoms with E-state index in [0.29, 0.717) is 13.2 Å². The molecule has 0 radical (unpaired) electrons. The lowest BCUT2D eigenvalue weighted by Crippen LogP contribution is -2.14. The molecule has 1 aliphatic rings. The Labute approximate surface area is 88.1 Å². The average molecular weight is 208 g/mol. The average Bonchev–Trinajstić information content (AvgIpc) is 2.72. The molecule has 1 aromatic carbocycles. The van der Waals surface area contributed by atoms with Gasteiger partial charge in [-0.15, -0.1) is 0 Å². The van der Waals surface area contributed by atoms with Gasteiger partial charge in [0, 0.05) is 12.5 Å². The molecule has 2 nitrogen and oxygen atoms in total. The third-order valence-electron chi connectivity index (χ3n) is 2.85. The molecule has 2 rings (SSSR count). The summed E-state index contributed by atoms with van der Waals surface area (Å²) in [4.78, 5) is 11.0. The monoisotopic (exact) mass is 208 g/mol. The van der Waals surface area contributed by atoms with Crippen molar-refractivity contribution >= 4 is 6.29 Å². The summed E-state index contributed by atoms with van der Waals surface area (Å²) < 4.78 is 18.2. The van der Waals surface area contributed by atoms with E-state index >= 15 is 0 Å². The number of ether oxygens (including phenoxy) is 1. The Morgan fingerprint density at radius 3 is 3.00 bits per heavy atom. The van der Waals surface area contributed by atoms with E-state index in [1.807, 2.05) is 0 Å². The molecule has 1 fully saturated rings. The van der Waals surface area contributed by atoms with Crippen LogP contribution in [-0.4, -0.2) is 19.5 Å². The molecule has 1 aliphatic heterocycles. The fourth-order valence-corrected chi connectivity index (χ4v) is 2.01. The van der Waals surface area contributed by atoms with Crippen molar-refractivity contribution in [1.82, 2.24) is 0 Å². The number of carbonyl (C=O) groups excluding carboxylic acids is 1. The zero-order valence-electron chi connectivity index (χ0n) is 8.36. The van der Waals surface area contributed by atoms with Gasteiger partial charge in [-0.25, -0.2) is 4.39 Å². The highest BCUT2D eigenvalue weighted by atomic mass is 19.1. The van der Waals surface area contributed by atoms with Crippen molar-refractivity contribution in [2.24, 2.45) is 5.92 Å². The maximum Gasteiger partial charge on any atom is 0.127 e. The molecule has 3 heteroatoms. The van der Waals surface area contributed by atoms with Gasteiger partial charge in [0.1, 0.15) is 12.1 Å². The first-order valence-electron chi connectivity index (χ1n) is 5.10. The van der Waals surface area contributed by atoms with E-state index in [0.717, 1.165) is 18.3 Å². The van der Waals surface area contributed by atoms with Crippen LogP contribution < -0.4 is 0 Å². The Balaban J connectivity index is 2.21. The van der Waals surface area contributed by atoms with Crippen LogP contribution in [0.5, 0.6) is 0 Å². The molecule has 0 spiro atoms. The quantitative estimate of drug-likeness (QED) is 0.711. The van der Waals surface area contributed by atoms with Gasteiger partial charge in [0.15, 0.2) is 0 Å². The van der Waals surface area contributed by atoms with E-state index < -0.39 is 0 Å². The summed E-state index contributed by atoms with van der Waals surface area (Å²) in [7, 11) is 0. The zero-order valence-corrected chi connectivity index (χ0v) is 8.36. The summed E-state index contributed by atoms with van der Waals surface area (Å²) in [6.45, 7) is 1.30. The molecule has 80 valence electrons. The number of aldehydes is 1. The van der Waals surface area contributed by atoms with E-state index in [9.17, 15) is 9.18 Å². The van der Waals surface area contributed by atoms with Gasteiger partial charge in [0.2, 0.25) is 0 Å². The van der Waals surface area contributed by atoms with Crippen LogP contribution in [-0.2, 0) is 9.53 Å². The molecule has 0 aliphatic carbocycles. The minimum absolute atomic E-state index is 0.198. The Morgan fingerprint density at radius 2 is 2.40 bits per heavy atom. The van der Waals surface area contributed by atoms with Crippen LogP contribution in [0, 0.1) is 11.7 Å². The van der Waals surface area contributed by atoms with Crippen LogP contribution in [0.2, 0.25) is 0 Å². The first-order valence-corrected chi connectivity index (χ1v) is 5.10. The lowest BCUT2D eigenvalue weighted by molar-refractivity contribution is -0.110. The standard InChI is InChI=1S/C12H13FO2/c13-11-3-1-2-9(6-11)12(7-14)10-4-5-15-8-10/h1-3,6-7,10,12H,4-5,8H2. The molecule has 2 atom stereocenters. The van der Waals surface area contributed by atoms with Crippen LogP contribution in [0.1, 0.15) is 17.9 Å². The van der Waals surface area contributed by atoms with E-state index in [1.165, 1.54) is 12.1 Å². The van der Waals surface area contributed by atoms with Crippen LogP contribution in [0.4, 0.5) is 4.39 Å². The van der Waals surface area contributed by atoms with E-state index in [-0.39, 0.29) is 17.7 Å². The summed E-state index contributed by atoms with van der Waals surface area (Å²) in [5.74, 6) is -0.328. The molecular weight excluding hydrogens is 195 g/mol. The number of carbonyl (C=O) groups is 1. The van der Waals surface area contributed by atoms with Crippen molar-refractivity contribution in [2.45, 2.75) is 12.3 Å². The Hall–Kier alpha value is -1.22. The lowest BCUT2D eigenvalue weighted by atomic mass is 9.87. The normalized spacial score (nSPS) is 22.6. The smallest absolute Gasteiger partial charge is 0.127 e. The number of hydrogen-bond donors (Lipinski definition) is 0. The highest BCUT2D eigenvalue weighted by Crippen LogP contribution is 2.29. The van der Waals surface area contributed by atoms with Crippen molar-refractivity contribution in [3.05, 3.63) is 35.6 Å². The van der Waals surface area contributed by atoms with Gasteiger partial charge in [-0.05, 0) is 30.0 Å². The summed E-state index contributed by atoms with van der Waals surface area (Å²) in [6.07, 6.45) is 1.77. The second-order valence-electron chi connectivity index (χ2n) is 3.84. The number of rotatable bonds is 3. The Kier molecular flexibility index (Phi) is 3.11. The van der Waals surface area contributed by atoms with Crippen molar-refractivity contribution < 1.29 is 13.9 Å². The van der Waals surface area contributed by atoms with Crippen LogP contribution in [0.15, 0.2) is 24.3 Å². The van der Waals surface area contributed by atoms with Gasteiger partial charge in [-0.2, -0.15) is 0 Å². The molecule has 1 heterocycles. The third-order valence-corrected chi connectivity index (χ3v) is 2.85. The molecular formula is C12H13FO2. The summed E-state index contributed by atoms with van der Waals surface area (Å²) in [5, 5.41) is 0. The predicted octanol–water partition coefficient (Wildman–Crippen LogP) is 2.14. The fourth-order valence-electron chi connectivity index (χ4n) is 2.01. The molecule has 0 saturated carbocycles. The lowest BCUT2D eigenvalue weighted by Gasteiger charge is -2.16. The first-order chi connectivity index (χ1) is 7.31. The first kappa shape index (κ1) is 10.3. The van der Waals surface area contributed by atoms with Gasteiger partial charge in [-0.3, -0.25) is 0 Å². The van der Waals surface area contributed by atoms with Gasteiger partial charge in [-0.1, -0.05) is 12.1 Å². The van der Waals surface area contributed by atoms with E-state index in [2.05, 4.69) is 0 Å². The number of halogens is 1. The summed E-state index contributed by atoms with van der Waals surface area (Å²) >= 11 is 0. The maximum absolute atomic E-state index is 13.0. The summed E-state index contributed by atoms with van der Waals surface area (Å²) in [5.41, 5.74) is 0.750. The molecule has 0 bridgehead atoms. The second-order valence-corrected chi connectivity index (χ2v) is 3.84. The second kappa shape index (κ2) is 4.53. The summed E-state index contributed by atoms with van der Waals surface area (Å²) in [6, 6.07) is 6.24. The van der Waals surface area contributed by atoms with Gasteiger partial charge in [0.25, 0.3) is 0 Å². The number of benzene rings is 1. The van der Waals surface area contributed by atoms with Gasteiger partial charge in [0.05, 0.1) is 6.61 Å². The molecule has 1 aromatic rings. The van der Waals surface area contributed by atoms with E-state index in [4.69, 9.17) is 4.74 Å². The minimum atomic E-state index is -0.293. The molecule has 0 aromatic heterocycles. The fraction of sp³-hybridized carbons (Fsp3) is 0.417. The zero-order chi connectivity index (χ0) is 10.7. The topological polar surface area (TPSA) is 26.3 Å². The van der Waals surface area contributed by atoms with Gasteiger partial charge < -0.3 is 9.53 Å². The van der Waals surface area contributed by atoms with Crippen molar-refractivity contribution in [1.29, 1.82) is 0 Å². The molecule has 0 N–H and O–H groups in total. The van der Waals surface area contributed by atoms with E-state index in [1.54, 1.807) is 12.1 Å². The van der Waals surface area contributed by atoms with Crippen LogP contribution in [0.25, 0.3) is 0 Å². The highest BCUT2D eigenvalue weighted by molar-refractivity contribution is 5.62. The minimum Gasteiger partial charge on any atom is -0.381 e. The van der Waals surface area contributed by atoms with Crippen molar-refractivity contribution in [3.8, 4) is 0 Å². The van der Waals surface area contributed by atoms with Crippen LogP contribution in [0.3, 0.4) is 0 Å². The SMILES string of the molecule is O=CC(c1cccc(F)c1)C1CCOC1.